The molecule has 0 spiro atoms. The van der Waals surface area contributed by atoms with Crippen LogP contribution in [0.25, 0.3) is 0 Å². The highest BCUT2D eigenvalue weighted by atomic mass is 16.5. The van der Waals surface area contributed by atoms with E-state index in [1.54, 1.807) is 19.2 Å². The summed E-state index contributed by atoms with van der Waals surface area (Å²) in [6.45, 7) is 2.84. The average molecular weight is 444 g/mol. The van der Waals surface area contributed by atoms with E-state index in [9.17, 15) is 9.59 Å². The lowest BCUT2D eigenvalue weighted by molar-refractivity contribution is -0.132. The van der Waals surface area contributed by atoms with Gasteiger partial charge in [-0.15, -0.1) is 0 Å². The van der Waals surface area contributed by atoms with Crippen LogP contribution in [0.1, 0.15) is 28.4 Å². The van der Waals surface area contributed by atoms with E-state index < -0.39 is 0 Å². The first kappa shape index (κ1) is 22.4. The third kappa shape index (κ3) is 5.71. The van der Waals surface area contributed by atoms with Crippen molar-refractivity contribution in [3.63, 3.8) is 0 Å². The van der Waals surface area contributed by atoms with E-state index in [0.29, 0.717) is 18.7 Å². The number of rotatable bonds is 7. The minimum Gasteiger partial charge on any atom is -0.497 e. The maximum Gasteiger partial charge on any atom is 0.251 e. The third-order valence-electron chi connectivity index (χ3n) is 5.99. The van der Waals surface area contributed by atoms with Crippen LogP contribution in [0, 0.1) is 0 Å². The van der Waals surface area contributed by atoms with Gasteiger partial charge >= 0.3 is 0 Å². The van der Waals surface area contributed by atoms with Crippen LogP contribution in [-0.4, -0.2) is 50.0 Å². The van der Waals surface area contributed by atoms with E-state index in [0.717, 1.165) is 30.1 Å². The topological polar surface area (TPSA) is 61.9 Å². The van der Waals surface area contributed by atoms with Crippen LogP contribution in [0.15, 0.2) is 84.9 Å². The second-order valence-electron chi connectivity index (χ2n) is 8.07. The van der Waals surface area contributed by atoms with Gasteiger partial charge in [0.1, 0.15) is 5.75 Å². The number of hydrogen-bond acceptors (Lipinski definition) is 4. The molecule has 1 aliphatic heterocycles. The van der Waals surface area contributed by atoms with Gasteiger partial charge in [-0.05, 0) is 42.0 Å². The number of nitrogens with one attached hydrogen (secondary N) is 1. The van der Waals surface area contributed by atoms with Gasteiger partial charge in [0.05, 0.1) is 19.6 Å². The molecule has 3 aromatic rings. The molecule has 1 fully saturated rings. The first-order valence-corrected chi connectivity index (χ1v) is 11.2. The Bertz CT molecular complexity index is 1050. The highest BCUT2D eigenvalue weighted by Gasteiger charge is 2.25. The number of anilines is 1. The zero-order valence-corrected chi connectivity index (χ0v) is 18.8. The lowest BCUT2D eigenvalue weighted by atomic mass is 10.0. The molecule has 0 aromatic heterocycles. The molecule has 170 valence electrons. The summed E-state index contributed by atoms with van der Waals surface area (Å²) in [4.78, 5) is 30.1. The monoisotopic (exact) mass is 443 g/mol. The van der Waals surface area contributed by atoms with Gasteiger partial charge in [-0.25, -0.2) is 0 Å². The summed E-state index contributed by atoms with van der Waals surface area (Å²) in [5.41, 5.74) is 2.63. The maximum absolute atomic E-state index is 13.2. The first-order valence-electron chi connectivity index (χ1n) is 11.2. The largest absolute Gasteiger partial charge is 0.497 e. The lowest BCUT2D eigenvalue weighted by Gasteiger charge is -2.36. The van der Waals surface area contributed by atoms with Crippen LogP contribution < -0.4 is 15.0 Å². The Morgan fingerprint density at radius 3 is 2.06 bits per heavy atom. The molecule has 3 aromatic carbocycles. The Balaban J connectivity index is 1.39. The summed E-state index contributed by atoms with van der Waals surface area (Å²) in [5.74, 6) is 0.699. The van der Waals surface area contributed by atoms with Gasteiger partial charge in [-0.2, -0.15) is 0 Å². The standard InChI is InChI=1S/C27H29N3O3/c1-33-24-14-12-23(13-15-24)29-16-18-30(19-17-29)26(31)20-25(21-8-4-2-5-9-21)28-27(32)22-10-6-3-7-11-22/h2-15,25H,16-20H2,1H3,(H,28,32)/t25-/m1/s1. The van der Waals surface area contributed by atoms with Gasteiger partial charge in [0.25, 0.3) is 5.91 Å². The van der Waals surface area contributed by atoms with E-state index in [4.69, 9.17) is 4.74 Å². The van der Waals surface area contributed by atoms with Crippen molar-refractivity contribution in [2.24, 2.45) is 0 Å². The molecule has 0 saturated carbocycles. The van der Waals surface area contributed by atoms with Crippen molar-refractivity contribution < 1.29 is 14.3 Å². The SMILES string of the molecule is COc1ccc(N2CCN(C(=O)C[C@@H](NC(=O)c3ccccc3)c3ccccc3)CC2)cc1. The van der Waals surface area contributed by atoms with Gasteiger partial charge in [0.15, 0.2) is 0 Å². The number of benzene rings is 3. The van der Waals surface area contributed by atoms with Gasteiger partial charge in [-0.1, -0.05) is 48.5 Å². The second kappa shape index (κ2) is 10.7. The summed E-state index contributed by atoms with van der Waals surface area (Å²) in [7, 11) is 1.66. The predicted molar refractivity (Wildman–Crippen MR) is 129 cm³/mol. The minimum absolute atomic E-state index is 0.0478. The number of carbonyl (C=O) groups excluding carboxylic acids is 2. The molecule has 2 amide bonds. The van der Waals surface area contributed by atoms with Crippen LogP contribution in [0.5, 0.6) is 5.75 Å². The molecule has 0 bridgehead atoms. The Kier molecular flexibility index (Phi) is 7.25. The fourth-order valence-electron chi connectivity index (χ4n) is 4.08. The number of piperazine rings is 1. The van der Waals surface area contributed by atoms with E-state index in [1.807, 2.05) is 77.7 Å². The van der Waals surface area contributed by atoms with Crippen molar-refractivity contribution in [2.45, 2.75) is 12.5 Å². The second-order valence-corrected chi connectivity index (χ2v) is 8.07. The van der Waals surface area contributed by atoms with Crippen molar-refractivity contribution in [2.75, 3.05) is 38.2 Å². The van der Waals surface area contributed by atoms with Crippen molar-refractivity contribution in [3.8, 4) is 5.75 Å². The van der Waals surface area contributed by atoms with Crippen LogP contribution in [0.2, 0.25) is 0 Å². The minimum atomic E-state index is -0.383. The highest BCUT2D eigenvalue weighted by molar-refractivity contribution is 5.94. The molecule has 0 radical (unpaired) electrons. The van der Waals surface area contributed by atoms with Crippen LogP contribution >= 0.6 is 0 Å². The molecule has 1 aliphatic rings. The van der Waals surface area contributed by atoms with Gasteiger partial charge in [0.2, 0.25) is 5.91 Å². The molecule has 0 unspecified atom stereocenters. The number of methoxy groups -OCH3 is 1. The van der Waals surface area contributed by atoms with E-state index in [1.165, 1.54) is 0 Å². The van der Waals surface area contributed by atoms with Crippen molar-refractivity contribution >= 4 is 17.5 Å². The fraction of sp³-hybridized carbons (Fsp3) is 0.259. The van der Waals surface area contributed by atoms with Gasteiger partial charge in [-0.3, -0.25) is 9.59 Å². The number of amides is 2. The molecule has 1 saturated heterocycles. The van der Waals surface area contributed by atoms with Crippen LogP contribution in [0.3, 0.4) is 0 Å². The van der Waals surface area contributed by atoms with E-state index in [2.05, 4.69) is 10.2 Å². The molecule has 1 heterocycles. The van der Waals surface area contributed by atoms with Crippen LogP contribution in [-0.2, 0) is 4.79 Å². The van der Waals surface area contributed by atoms with Crippen molar-refractivity contribution in [3.05, 3.63) is 96.1 Å². The fourth-order valence-corrected chi connectivity index (χ4v) is 4.08. The summed E-state index contributed by atoms with van der Waals surface area (Å²) in [5, 5.41) is 3.06. The summed E-state index contributed by atoms with van der Waals surface area (Å²) in [6, 6.07) is 26.4. The highest BCUT2D eigenvalue weighted by Crippen LogP contribution is 2.22. The molecule has 0 aliphatic carbocycles. The van der Waals surface area contributed by atoms with Crippen molar-refractivity contribution in [1.82, 2.24) is 10.2 Å². The molecule has 1 N–H and O–H groups in total. The quantitative estimate of drug-likeness (QED) is 0.602. The zero-order valence-electron chi connectivity index (χ0n) is 18.8. The Morgan fingerprint density at radius 2 is 1.45 bits per heavy atom. The zero-order chi connectivity index (χ0) is 23.0. The van der Waals surface area contributed by atoms with Crippen molar-refractivity contribution in [1.29, 1.82) is 0 Å². The third-order valence-corrected chi connectivity index (χ3v) is 5.99. The Morgan fingerprint density at radius 1 is 0.848 bits per heavy atom. The number of ether oxygens (including phenoxy) is 1. The molecular formula is C27H29N3O3. The number of nitrogens with zero attached hydrogens (tertiary/aromatic N) is 2. The maximum atomic E-state index is 13.2. The first-order chi connectivity index (χ1) is 16.1. The lowest BCUT2D eigenvalue weighted by Crippen LogP contribution is -2.49. The summed E-state index contributed by atoms with van der Waals surface area (Å²) in [6.07, 6.45) is 0.227. The summed E-state index contributed by atoms with van der Waals surface area (Å²) < 4.78 is 5.23. The molecular weight excluding hydrogens is 414 g/mol. The molecule has 33 heavy (non-hydrogen) atoms. The Labute approximate surface area is 194 Å². The van der Waals surface area contributed by atoms with Gasteiger partial charge in [0, 0.05) is 37.4 Å². The Hall–Kier alpha value is -3.80. The van der Waals surface area contributed by atoms with E-state index in [-0.39, 0.29) is 24.3 Å². The van der Waals surface area contributed by atoms with E-state index >= 15 is 0 Å². The number of carbonyl (C=O) groups is 2. The molecule has 6 heteroatoms. The number of hydrogen-bond donors (Lipinski definition) is 1. The molecule has 1 atom stereocenters. The smallest absolute Gasteiger partial charge is 0.251 e. The molecule has 6 nitrogen and oxygen atoms in total. The molecule has 4 rings (SSSR count). The summed E-state index contributed by atoms with van der Waals surface area (Å²) >= 11 is 0. The predicted octanol–water partition coefficient (Wildman–Crippen LogP) is 3.91. The average Bonchev–Trinajstić information content (AvgIpc) is 2.89. The normalized spacial score (nSPS) is 14.5. The van der Waals surface area contributed by atoms with Crippen LogP contribution in [0.4, 0.5) is 5.69 Å². The van der Waals surface area contributed by atoms with Gasteiger partial charge < -0.3 is 19.9 Å².